The monoisotopic (exact) mass is 472 g/mol. The van der Waals surface area contributed by atoms with Crippen molar-refractivity contribution in [3.63, 3.8) is 0 Å². The van der Waals surface area contributed by atoms with Gasteiger partial charge in [-0.15, -0.1) is 12.4 Å². The number of amides is 1. The Balaban J connectivity index is 0.00000272. The standard InChI is InChI=1S/C21H20ClF3N4O.ClH/c1-29-8-6-12(7-9-29)20(30)26-19-16-10-13(2-5-18(16)27-28-19)15-11-14(21(23,24)25)3-4-17(15)22;/h2-5,10-12H,6-9H2,1H3,(H2,26,27,28,30);1H. The number of halogens is 5. The molecule has 0 radical (unpaired) electrons. The van der Waals surface area contributed by atoms with Crippen LogP contribution in [0.5, 0.6) is 0 Å². The first kappa shape index (κ1) is 23.4. The van der Waals surface area contributed by atoms with Crippen LogP contribution in [0.3, 0.4) is 0 Å². The summed E-state index contributed by atoms with van der Waals surface area (Å²) >= 11 is 6.18. The van der Waals surface area contributed by atoms with Crippen LogP contribution >= 0.6 is 24.0 Å². The highest BCUT2D eigenvalue weighted by atomic mass is 35.5. The first-order chi connectivity index (χ1) is 14.2. The van der Waals surface area contributed by atoms with E-state index in [1.807, 2.05) is 7.05 Å². The lowest BCUT2D eigenvalue weighted by atomic mass is 9.96. The zero-order valence-corrected chi connectivity index (χ0v) is 18.2. The van der Waals surface area contributed by atoms with Crippen molar-refractivity contribution in [2.45, 2.75) is 19.0 Å². The molecule has 1 aliphatic heterocycles. The summed E-state index contributed by atoms with van der Waals surface area (Å²) in [5.41, 5.74) is 0.669. The van der Waals surface area contributed by atoms with Crippen LogP contribution in [-0.2, 0) is 11.0 Å². The van der Waals surface area contributed by atoms with Gasteiger partial charge in [0.2, 0.25) is 5.91 Å². The number of aromatic amines is 1. The van der Waals surface area contributed by atoms with E-state index in [-0.39, 0.29) is 34.8 Å². The van der Waals surface area contributed by atoms with E-state index in [4.69, 9.17) is 11.6 Å². The molecule has 0 unspecified atom stereocenters. The van der Waals surface area contributed by atoms with Crippen molar-refractivity contribution in [3.8, 4) is 11.1 Å². The number of piperidine rings is 1. The number of rotatable bonds is 3. The molecule has 2 N–H and O–H groups in total. The Morgan fingerprint density at radius 1 is 1.19 bits per heavy atom. The topological polar surface area (TPSA) is 61.0 Å². The van der Waals surface area contributed by atoms with E-state index in [9.17, 15) is 18.0 Å². The number of aromatic nitrogens is 2. The highest BCUT2D eigenvalue weighted by Crippen LogP contribution is 2.37. The van der Waals surface area contributed by atoms with Crippen molar-refractivity contribution in [3.05, 3.63) is 47.0 Å². The van der Waals surface area contributed by atoms with Gasteiger partial charge in [-0.3, -0.25) is 9.89 Å². The van der Waals surface area contributed by atoms with E-state index >= 15 is 0 Å². The van der Waals surface area contributed by atoms with Crippen LogP contribution in [0.15, 0.2) is 36.4 Å². The normalized spacial score (nSPS) is 15.6. The molecule has 0 atom stereocenters. The number of hydrogen-bond donors (Lipinski definition) is 2. The molecule has 0 spiro atoms. The summed E-state index contributed by atoms with van der Waals surface area (Å²) in [6, 6.07) is 8.28. The van der Waals surface area contributed by atoms with Crippen molar-refractivity contribution in [1.82, 2.24) is 15.1 Å². The molecule has 0 saturated carbocycles. The molecule has 31 heavy (non-hydrogen) atoms. The second kappa shape index (κ2) is 9.06. The minimum absolute atomic E-state index is 0. The molecule has 5 nitrogen and oxygen atoms in total. The predicted octanol–water partition coefficient (Wildman–Crippen LogP) is 5.60. The summed E-state index contributed by atoms with van der Waals surface area (Å²) in [5, 5.41) is 10.7. The van der Waals surface area contributed by atoms with Gasteiger partial charge in [-0.05, 0) is 68.9 Å². The van der Waals surface area contributed by atoms with Crippen molar-refractivity contribution >= 4 is 46.6 Å². The van der Waals surface area contributed by atoms with Gasteiger partial charge in [0.05, 0.1) is 11.1 Å². The summed E-state index contributed by atoms with van der Waals surface area (Å²) < 4.78 is 39.4. The van der Waals surface area contributed by atoms with Gasteiger partial charge in [-0.25, -0.2) is 0 Å². The van der Waals surface area contributed by atoms with Gasteiger partial charge in [0.1, 0.15) is 0 Å². The van der Waals surface area contributed by atoms with Gasteiger partial charge in [-0.1, -0.05) is 17.7 Å². The SMILES string of the molecule is CN1CCC(C(=O)Nc2n[nH]c3ccc(-c4cc(C(F)(F)F)ccc4Cl)cc23)CC1.Cl. The van der Waals surface area contributed by atoms with Gasteiger partial charge >= 0.3 is 6.18 Å². The van der Waals surface area contributed by atoms with Crippen LogP contribution in [0, 0.1) is 5.92 Å². The predicted molar refractivity (Wildman–Crippen MR) is 118 cm³/mol. The molecule has 2 aromatic carbocycles. The average molecular weight is 473 g/mol. The van der Waals surface area contributed by atoms with Gasteiger partial charge in [0, 0.05) is 21.9 Å². The number of benzene rings is 2. The van der Waals surface area contributed by atoms with Crippen molar-refractivity contribution in [2.24, 2.45) is 5.92 Å². The number of nitrogens with zero attached hydrogens (tertiary/aromatic N) is 2. The molecule has 4 rings (SSSR count). The molecule has 1 saturated heterocycles. The third kappa shape index (κ3) is 4.97. The largest absolute Gasteiger partial charge is 0.416 e. The Hall–Kier alpha value is -2.29. The third-order valence-corrected chi connectivity index (χ3v) is 5.83. The zero-order chi connectivity index (χ0) is 21.5. The van der Waals surface area contributed by atoms with Crippen molar-refractivity contribution < 1.29 is 18.0 Å². The first-order valence-corrected chi connectivity index (χ1v) is 9.95. The molecule has 3 aromatic rings. The second-order valence-electron chi connectivity index (χ2n) is 7.59. The number of likely N-dealkylation sites (tertiary alicyclic amines) is 1. The van der Waals surface area contributed by atoms with E-state index in [1.165, 1.54) is 6.07 Å². The van der Waals surface area contributed by atoms with Gasteiger partial charge in [0.15, 0.2) is 5.82 Å². The van der Waals surface area contributed by atoms with Crippen LogP contribution in [0.25, 0.3) is 22.0 Å². The van der Waals surface area contributed by atoms with Gasteiger partial charge < -0.3 is 10.2 Å². The molecule has 1 aromatic heterocycles. The van der Waals surface area contributed by atoms with Crippen molar-refractivity contribution in [1.29, 1.82) is 0 Å². The lowest BCUT2D eigenvalue weighted by Gasteiger charge is -2.27. The lowest BCUT2D eigenvalue weighted by molar-refractivity contribution is -0.137. The van der Waals surface area contributed by atoms with E-state index in [0.29, 0.717) is 22.3 Å². The molecule has 1 fully saturated rings. The molecule has 1 amide bonds. The molecule has 0 aliphatic carbocycles. The fourth-order valence-corrected chi connectivity index (χ4v) is 3.92. The minimum Gasteiger partial charge on any atom is -0.308 e. The fraction of sp³-hybridized carbons (Fsp3) is 0.333. The number of hydrogen-bond acceptors (Lipinski definition) is 3. The number of fused-ring (bicyclic) bond motifs is 1. The molecule has 0 bridgehead atoms. The number of nitrogens with one attached hydrogen (secondary N) is 2. The zero-order valence-electron chi connectivity index (χ0n) is 16.6. The molecule has 2 heterocycles. The number of anilines is 1. The average Bonchev–Trinajstić information content (AvgIpc) is 3.10. The minimum atomic E-state index is -4.47. The molecule has 166 valence electrons. The molecule has 1 aliphatic rings. The number of carbonyl (C=O) groups is 1. The van der Waals surface area contributed by atoms with E-state index < -0.39 is 11.7 Å². The Labute approximate surface area is 188 Å². The van der Waals surface area contributed by atoms with Gasteiger partial charge in [-0.2, -0.15) is 18.3 Å². The second-order valence-corrected chi connectivity index (χ2v) is 8.00. The van der Waals surface area contributed by atoms with Crippen LogP contribution in [0.4, 0.5) is 19.0 Å². The third-order valence-electron chi connectivity index (χ3n) is 5.50. The first-order valence-electron chi connectivity index (χ1n) is 9.57. The Bertz CT molecular complexity index is 1090. The number of alkyl halides is 3. The van der Waals surface area contributed by atoms with Crippen LogP contribution in [0.1, 0.15) is 18.4 Å². The fourth-order valence-electron chi connectivity index (χ4n) is 3.69. The number of carbonyl (C=O) groups excluding carboxylic acids is 1. The van der Waals surface area contributed by atoms with E-state index in [0.717, 1.165) is 38.1 Å². The van der Waals surface area contributed by atoms with Gasteiger partial charge in [0.25, 0.3) is 0 Å². The maximum Gasteiger partial charge on any atom is 0.416 e. The summed E-state index contributed by atoms with van der Waals surface area (Å²) in [6.07, 6.45) is -2.92. The molecule has 10 heteroatoms. The Kier molecular flexibility index (Phi) is 6.83. The summed E-state index contributed by atoms with van der Waals surface area (Å²) in [5.74, 6) is 0.173. The van der Waals surface area contributed by atoms with Crippen LogP contribution in [-0.4, -0.2) is 41.1 Å². The van der Waals surface area contributed by atoms with E-state index in [1.54, 1.807) is 18.2 Å². The quantitative estimate of drug-likeness (QED) is 0.521. The summed E-state index contributed by atoms with van der Waals surface area (Å²) in [6.45, 7) is 1.72. The smallest absolute Gasteiger partial charge is 0.308 e. The van der Waals surface area contributed by atoms with Crippen LogP contribution in [0.2, 0.25) is 5.02 Å². The highest BCUT2D eigenvalue weighted by Gasteiger charge is 2.31. The molecular formula is C21H21Cl2F3N4O. The maximum absolute atomic E-state index is 13.1. The molecular weight excluding hydrogens is 452 g/mol. The maximum atomic E-state index is 13.1. The van der Waals surface area contributed by atoms with E-state index in [2.05, 4.69) is 20.4 Å². The number of H-pyrrole nitrogens is 1. The lowest BCUT2D eigenvalue weighted by Crippen LogP contribution is -2.36. The van der Waals surface area contributed by atoms with Crippen molar-refractivity contribution in [2.75, 3.05) is 25.5 Å². The highest BCUT2D eigenvalue weighted by molar-refractivity contribution is 6.33. The summed E-state index contributed by atoms with van der Waals surface area (Å²) in [7, 11) is 2.02. The summed E-state index contributed by atoms with van der Waals surface area (Å²) in [4.78, 5) is 14.8. The Morgan fingerprint density at radius 2 is 1.90 bits per heavy atom. The Morgan fingerprint density at radius 3 is 2.58 bits per heavy atom. The van der Waals surface area contributed by atoms with Crippen LogP contribution < -0.4 is 5.32 Å².